The van der Waals surface area contributed by atoms with Crippen LogP contribution in [0.3, 0.4) is 0 Å². The Kier molecular flexibility index (Phi) is 4.86. The molecule has 2 atom stereocenters. The largest absolute Gasteiger partial charge is 0.496 e. The molecule has 0 amide bonds. The van der Waals surface area contributed by atoms with E-state index in [0.717, 1.165) is 5.56 Å². The van der Waals surface area contributed by atoms with Gasteiger partial charge in [0.1, 0.15) is 5.75 Å². The molecule has 0 N–H and O–H groups in total. The van der Waals surface area contributed by atoms with Crippen LogP contribution in [0.25, 0.3) is 0 Å². The number of halogens is 2. The lowest BCUT2D eigenvalue weighted by atomic mass is 10.1. The van der Waals surface area contributed by atoms with Crippen LogP contribution in [0.4, 0.5) is 0 Å². The lowest BCUT2D eigenvalue weighted by Gasteiger charge is -2.19. The summed E-state index contributed by atoms with van der Waals surface area (Å²) >= 11 is 9.31. The molecule has 96 valence electrons. The molecule has 0 aliphatic rings. The molecule has 0 aliphatic heterocycles. The molecule has 17 heavy (non-hydrogen) atoms. The van der Waals surface area contributed by atoms with Crippen LogP contribution in [-0.4, -0.2) is 27.0 Å². The van der Waals surface area contributed by atoms with Crippen molar-refractivity contribution in [1.29, 1.82) is 0 Å². The molecule has 0 aromatic heterocycles. The quantitative estimate of drug-likeness (QED) is 0.790. The van der Waals surface area contributed by atoms with Crippen molar-refractivity contribution in [2.75, 3.05) is 13.4 Å². The maximum Gasteiger partial charge on any atom is 0.151 e. The Hall–Kier alpha value is -0.260. The van der Waals surface area contributed by atoms with Gasteiger partial charge >= 0.3 is 0 Å². The molecule has 3 nitrogen and oxygen atoms in total. The van der Waals surface area contributed by atoms with E-state index in [1.54, 1.807) is 25.1 Å². The third kappa shape index (κ3) is 3.60. The highest BCUT2D eigenvalue weighted by molar-refractivity contribution is 9.09. The van der Waals surface area contributed by atoms with Crippen molar-refractivity contribution in [1.82, 2.24) is 0 Å². The predicted octanol–water partition coefficient (Wildman–Crippen LogP) is 3.22. The van der Waals surface area contributed by atoms with Gasteiger partial charge in [-0.15, -0.1) is 0 Å². The Morgan fingerprint density at radius 2 is 2.00 bits per heavy atom. The fourth-order valence-electron chi connectivity index (χ4n) is 1.39. The molecule has 0 spiro atoms. The predicted molar refractivity (Wildman–Crippen MR) is 74.0 cm³/mol. The Morgan fingerprint density at radius 3 is 2.47 bits per heavy atom. The van der Waals surface area contributed by atoms with Gasteiger partial charge in [-0.3, -0.25) is 0 Å². The Morgan fingerprint density at radius 1 is 1.41 bits per heavy atom. The number of rotatable bonds is 4. The van der Waals surface area contributed by atoms with Crippen LogP contribution in [0.15, 0.2) is 18.2 Å². The zero-order valence-electron chi connectivity index (χ0n) is 9.78. The number of benzene rings is 1. The van der Waals surface area contributed by atoms with E-state index in [2.05, 4.69) is 15.9 Å². The first-order valence-electron chi connectivity index (χ1n) is 4.93. The third-order valence-electron chi connectivity index (χ3n) is 2.58. The highest BCUT2D eigenvalue weighted by Gasteiger charge is 2.27. The van der Waals surface area contributed by atoms with Crippen molar-refractivity contribution in [2.45, 2.75) is 17.0 Å². The van der Waals surface area contributed by atoms with E-state index >= 15 is 0 Å². The van der Waals surface area contributed by atoms with E-state index in [-0.39, 0.29) is 4.83 Å². The summed E-state index contributed by atoms with van der Waals surface area (Å²) < 4.78 is 28.3. The van der Waals surface area contributed by atoms with Crippen molar-refractivity contribution in [3.63, 3.8) is 0 Å². The van der Waals surface area contributed by atoms with Crippen LogP contribution in [0.5, 0.6) is 5.75 Å². The van der Waals surface area contributed by atoms with Crippen molar-refractivity contribution in [3.8, 4) is 5.75 Å². The average Bonchev–Trinajstić information content (AvgIpc) is 2.25. The smallest absolute Gasteiger partial charge is 0.151 e. The topological polar surface area (TPSA) is 43.4 Å². The van der Waals surface area contributed by atoms with Crippen molar-refractivity contribution in [2.24, 2.45) is 0 Å². The van der Waals surface area contributed by atoms with E-state index in [0.29, 0.717) is 10.8 Å². The standard InChI is InChI=1S/C11H14BrClO3S/c1-7(17(3,14)15)11(12)9-6-8(13)4-5-10(9)16-2/h4-7,11H,1-3H3. The Balaban J connectivity index is 3.19. The van der Waals surface area contributed by atoms with Gasteiger partial charge in [0.15, 0.2) is 9.84 Å². The zero-order valence-corrected chi connectivity index (χ0v) is 12.9. The van der Waals surface area contributed by atoms with Crippen molar-refractivity contribution < 1.29 is 13.2 Å². The summed E-state index contributed by atoms with van der Waals surface area (Å²) in [6.45, 7) is 1.65. The molecule has 0 fully saturated rings. The number of hydrogen-bond acceptors (Lipinski definition) is 3. The molecule has 0 heterocycles. The fraction of sp³-hybridized carbons (Fsp3) is 0.455. The molecule has 0 saturated carbocycles. The maximum atomic E-state index is 11.5. The van der Waals surface area contributed by atoms with Crippen LogP contribution in [-0.2, 0) is 9.84 Å². The first-order valence-corrected chi connectivity index (χ1v) is 8.18. The summed E-state index contributed by atoms with van der Waals surface area (Å²) in [7, 11) is -1.59. The van der Waals surface area contributed by atoms with Crippen LogP contribution >= 0.6 is 27.5 Å². The molecular formula is C11H14BrClO3S. The maximum absolute atomic E-state index is 11.5. The summed E-state index contributed by atoms with van der Waals surface area (Å²) in [4.78, 5) is -0.355. The minimum absolute atomic E-state index is 0.355. The SMILES string of the molecule is COc1ccc(Cl)cc1C(Br)C(C)S(C)(=O)=O. The second kappa shape index (κ2) is 5.59. The number of sulfone groups is 1. The fourth-order valence-corrected chi connectivity index (χ4v) is 3.69. The Labute approximate surface area is 115 Å². The molecule has 0 radical (unpaired) electrons. The van der Waals surface area contributed by atoms with Crippen LogP contribution < -0.4 is 4.74 Å². The summed E-state index contributed by atoms with van der Waals surface area (Å²) in [6, 6.07) is 5.14. The third-order valence-corrected chi connectivity index (χ3v) is 6.07. The number of alkyl halides is 1. The van der Waals surface area contributed by atoms with Gasteiger partial charge in [0.05, 0.1) is 17.2 Å². The number of ether oxygens (including phenoxy) is 1. The molecule has 0 bridgehead atoms. The highest BCUT2D eigenvalue weighted by Crippen LogP contribution is 2.37. The second-order valence-corrected chi connectivity index (χ2v) is 7.65. The minimum atomic E-state index is -3.13. The van der Waals surface area contributed by atoms with E-state index in [1.165, 1.54) is 13.4 Å². The molecule has 6 heteroatoms. The van der Waals surface area contributed by atoms with Crippen molar-refractivity contribution in [3.05, 3.63) is 28.8 Å². The van der Waals surface area contributed by atoms with Gasteiger partial charge in [-0.1, -0.05) is 27.5 Å². The van der Waals surface area contributed by atoms with E-state index < -0.39 is 15.1 Å². The Bertz CT molecular complexity index is 501. The van der Waals surface area contributed by atoms with Gasteiger partial charge in [0.25, 0.3) is 0 Å². The monoisotopic (exact) mass is 340 g/mol. The van der Waals surface area contributed by atoms with E-state index in [9.17, 15) is 8.42 Å². The highest BCUT2D eigenvalue weighted by atomic mass is 79.9. The van der Waals surface area contributed by atoms with Gasteiger partial charge in [0.2, 0.25) is 0 Å². The van der Waals surface area contributed by atoms with Gasteiger partial charge in [-0.2, -0.15) is 0 Å². The lowest BCUT2D eigenvalue weighted by Crippen LogP contribution is -2.21. The van der Waals surface area contributed by atoms with Gasteiger partial charge in [0, 0.05) is 16.8 Å². The first-order chi connectivity index (χ1) is 7.77. The van der Waals surface area contributed by atoms with Crippen LogP contribution in [0.1, 0.15) is 17.3 Å². The van der Waals surface area contributed by atoms with E-state index in [1.807, 2.05) is 0 Å². The average molecular weight is 342 g/mol. The zero-order chi connectivity index (χ0) is 13.2. The van der Waals surface area contributed by atoms with Gasteiger partial charge in [-0.25, -0.2) is 8.42 Å². The molecular weight excluding hydrogens is 328 g/mol. The second-order valence-electron chi connectivity index (χ2n) is 3.82. The molecule has 1 aromatic carbocycles. The number of hydrogen-bond donors (Lipinski definition) is 0. The van der Waals surface area contributed by atoms with Crippen molar-refractivity contribution >= 4 is 37.4 Å². The first kappa shape index (κ1) is 14.8. The summed E-state index contributed by atoms with van der Waals surface area (Å²) in [5, 5.41) is -0.0131. The minimum Gasteiger partial charge on any atom is -0.496 e. The molecule has 0 saturated heterocycles. The van der Waals surface area contributed by atoms with Gasteiger partial charge in [-0.05, 0) is 25.1 Å². The summed E-state index contributed by atoms with van der Waals surface area (Å²) in [5.41, 5.74) is 0.734. The van der Waals surface area contributed by atoms with E-state index in [4.69, 9.17) is 16.3 Å². The number of methoxy groups -OCH3 is 1. The van der Waals surface area contributed by atoms with Gasteiger partial charge < -0.3 is 4.74 Å². The normalized spacial score (nSPS) is 15.4. The molecule has 1 aromatic rings. The lowest BCUT2D eigenvalue weighted by molar-refractivity contribution is 0.409. The molecule has 0 aliphatic carbocycles. The summed E-state index contributed by atoms with van der Waals surface area (Å²) in [6.07, 6.45) is 1.21. The van der Waals surface area contributed by atoms with Crippen LogP contribution in [0, 0.1) is 0 Å². The van der Waals surface area contributed by atoms with Crippen LogP contribution in [0.2, 0.25) is 5.02 Å². The summed E-state index contributed by atoms with van der Waals surface area (Å²) in [5.74, 6) is 0.617. The molecule has 1 rings (SSSR count). The molecule has 2 unspecified atom stereocenters.